The summed E-state index contributed by atoms with van der Waals surface area (Å²) in [6.45, 7) is 1.86. The predicted molar refractivity (Wildman–Crippen MR) is 123 cm³/mol. The number of rotatable bonds is 14. The summed E-state index contributed by atoms with van der Waals surface area (Å²) in [5, 5.41) is 13.7. The van der Waals surface area contributed by atoms with Crippen molar-refractivity contribution in [3.8, 4) is 0 Å². The molecule has 1 fully saturated rings. The molecule has 0 bridgehead atoms. The number of nitrogens with one attached hydrogen (secondary N) is 1. The minimum absolute atomic E-state index is 0.00884. The van der Waals surface area contributed by atoms with E-state index in [2.05, 4.69) is 5.32 Å². The van der Waals surface area contributed by atoms with E-state index in [1.165, 1.54) is 22.7 Å². The highest BCUT2D eigenvalue weighted by atomic mass is 32.2. The van der Waals surface area contributed by atoms with Crippen LogP contribution in [0.3, 0.4) is 0 Å². The van der Waals surface area contributed by atoms with Crippen molar-refractivity contribution in [3.63, 3.8) is 0 Å². The molecular weight excluding hydrogens is 444 g/mol. The molecule has 1 aliphatic carbocycles. The standard InChI is InChI=1S/C24H32N2O6S/c1-2-20(27)12-13-23(29)25-21(15-18-7-4-3-5-8-18)22(28)17-26(16-19-10-11-19)33(30,31)24-9-6-14-32-24/h3-9,14,19,21-22,28H,2,10-13,15-17H2,1H3,(H,25,29)/t21-,22+/m0/s1. The number of hydrogen-bond donors (Lipinski definition) is 2. The number of aliphatic hydroxyl groups excluding tert-OH is 1. The van der Waals surface area contributed by atoms with Crippen LogP contribution < -0.4 is 5.32 Å². The number of nitrogens with zero attached hydrogens (tertiary/aromatic N) is 1. The minimum atomic E-state index is -3.92. The Morgan fingerprint density at radius 3 is 2.48 bits per heavy atom. The Morgan fingerprint density at radius 1 is 1.15 bits per heavy atom. The Labute approximate surface area is 195 Å². The van der Waals surface area contributed by atoms with E-state index in [9.17, 15) is 23.1 Å². The molecule has 0 saturated heterocycles. The van der Waals surface area contributed by atoms with Gasteiger partial charge in [0, 0.05) is 32.4 Å². The normalized spacial score (nSPS) is 15.8. The van der Waals surface area contributed by atoms with Gasteiger partial charge in [-0.25, -0.2) is 8.42 Å². The predicted octanol–water partition coefficient (Wildman–Crippen LogP) is 2.53. The smallest absolute Gasteiger partial charge is 0.276 e. The number of benzene rings is 1. The quantitative estimate of drug-likeness (QED) is 0.433. The van der Waals surface area contributed by atoms with Gasteiger partial charge in [0.15, 0.2) is 0 Å². The first-order chi connectivity index (χ1) is 15.8. The maximum absolute atomic E-state index is 13.1. The van der Waals surface area contributed by atoms with Crippen LogP contribution in [0.5, 0.6) is 0 Å². The van der Waals surface area contributed by atoms with Gasteiger partial charge in [0.1, 0.15) is 5.78 Å². The molecule has 1 amide bonds. The first kappa shape index (κ1) is 25.1. The third-order valence-electron chi connectivity index (χ3n) is 5.77. The molecular formula is C24H32N2O6S. The fourth-order valence-electron chi connectivity index (χ4n) is 3.59. The van der Waals surface area contributed by atoms with Crippen LogP contribution in [0, 0.1) is 5.92 Å². The summed E-state index contributed by atoms with van der Waals surface area (Å²) in [5.74, 6) is -0.103. The summed E-state index contributed by atoms with van der Waals surface area (Å²) < 4.78 is 32.6. The second-order valence-electron chi connectivity index (χ2n) is 8.52. The molecule has 0 spiro atoms. The first-order valence-corrected chi connectivity index (χ1v) is 12.8. The third kappa shape index (κ3) is 7.52. The van der Waals surface area contributed by atoms with Gasteiger partial charge in [0.05, 0.1) is 18.4 Å². The average molecular weight is 477 g/mol. The van der Waals surface area contributed by atoms with E-state index in [1.807, 2.05) is 30.3 Å². The highest BCUT2D eigenvalue weighted by Crippen LogP contribution is 2.32. The molecule has 0 unspecified atom stereocenters. The summed E-state index contributed by atoms with van der Waals surface area (Å²) in [6.07, 6.45) is 2.88. The largest absolute Gasteiger partial charge is 0.452 e. The highest BCUT2D eigenvalue weighted by Gasteiger charge is 2.36. The number of sulfonamides is 1. The summed E-state index contributed by atoms with van der Waals surface area (Å²) in [4.78, 5) is 24.1. The maximum Gasteiger partial charge on any atom is 0.276 e. The molecule has 1 aliphatic rings. The number of amides is 1. The molecule has 2 N–H and O–H groups in total. The lowest BCUT2D eigenvalue weighted by molar-refractivity contribution is -0.126. The van der Waals surface area contributed by atoms with Crippen LogP contribution in [0.4, 0.5) is 0 Å². The van der Waals surface area contributed by atoms with Gasteiger partial charge in [0.25, 0.3) is 10.0 Å². The van der Waals surface area contributed by atoms with Crippen molar-refractivity contribution in [1.82, 2.24) is 9.62 Å². The van der Waals surface area contributed by atoms with Crippen LogP contribution >= 0.6 is 0 Å². The Kier molecular flexibility index (Phi) is 8.82. The molecule has 8 nitrogen and oxygen atoms in total. The Bertz CT molecular complexity index is 1000. The van der Waals surface area contributed by atoms with Gasteiger partial charge in [-0.1, -0.05) is 37.3 Å². The summed E-state index contributed by atoms with van der Waals surface area (Å²) in [7, 11) is -3.92. The van der Waals surface area contributed by atoms with Gasteiger partial charge in [-0.3, -0.25) is 9.59 Å². The van der Waals surface area contributed by atoms with E-state index < -0.39 is 22.2 Å². The SMILES string of the molecule is CCC(=O)CCC(=O)N[C@@H](Cc1ccccc1)[C@H](O)CN(CC1CC1)S(=O)(=O)c1ccco1. The Morgan fingerprint density at radius 2 is 1.88 bits per heavy atom. The van der Waals surface area contributed by atoms with E-state index in [1.54, 1.807) is 6.92 Å². The van der Waals surface area contributed by atoms with Crippen LogP contribution in [0.15, 0.2) is 58.2 Å². The summed E-state index contributed by atoms with van der Waals surface area (Å²) in [5.41, 5.74) is 0.897. The number of ketones is 1. The zero-order chi connectivity index (χ0) is 23.8. The third-order valence-corrected chi connectivity index (χ3v) is 7.49. The zero-order valence-electron chi connectivity index (χ0n) is 18.9. The molecule has 1 saturated carbocycles. The first-order valence-electron chi connectivity index (χ1n) is 11.4. The molecule has 1 aromatic heterocycles. The number of aliphatic hydroxyl groups is 1. The molecule has 33 heavy (non-hydrogen) atoms. The van der Waals surface area contributed by atoms with Gasteiger partial charge in [-0.15, -0.1) is 0 Å². The van der Waals surface area contributed by atoms with E-state index in [4.69, 9.17) is 4.42 Å². The zero-order valence-corrected chi connectivity index (χ0v) is 19.7. The minimum Gasteiger partial charge on any atom is -0.452 e. The van der Waals surface area contributed by atoms with Crippen LogP contribution in [0.25, 0.3) is 0 Å². The van der Waals surface area contributed by atoms with Crippen LogP contribution in [-0.2, 0) is 26.0 Å². The Balaban J connectivity index is 1.75. The summed E-state index contributed by atoms with van der Waals surface area (Å²) in [6, 6.07) is 11.5. The maximum atomic E-state index is 13.1. The van der Waals surface area contributed by atoms with Gasteiger partial charge in [-0.05, 0) is 42.9 Å². The van der Waals surface area contributed by atoms with Crippen LogP contribution in [0.2, 0.25) is 0 Å². The van der Waals surface area contributed by atoms with Crippen LogP contribution in [0.1, 0.15) is 44.6 Å². The topological polar surface area (TPSA) is 117 Å². The van der Waals surface area contributed by atoms with E-state index in [0.29, 0.717) is 12.8 Å². The molecule has 2 aromatic rings. The van der Waals surface area contributed by atoms with E-state index >= 15 is 0 Å². The van der Waals surface area contributed by atoms with Crippen molar-refractivity contribution in [1.29, 1.82) is 0 Å². The van der Waals surface area contributed by atoms with Crippen molar-refractivity contribution in [3.05, 3.63) is 54.3 Å². The van der Waals surface area contributed by atoms with Crippen molar-refractivity contribution in [2.75, 3.05) is 13.1 Å². The van der Waals surface area contributed by atoms with Crippen molar-refractivity contribution in [2.45, 2.75) is 62.7 Å². The molecule has 0 aliphatic heterocycles. The fraction of sp³-hybridized carbons (Fsp3) is 0.500. The number of carbonyl (C=O) groups excluding carboxylic acids is 2. The van der Waals surface area contributed by atoms with Gasteiger partial charge >= 0.3 is 0 Å². The molecule has 3 rings (SSSR count). The van der Waals surface area contributed by atoms with E-state index in [0.717, 1.165) is 18.4 Å². The number of Topliss-reactive ketones (excluding diaryl/α,β-unsaturated/α-hetero) is 1. The molecule has 180 valence electrons. The number of carbonyl (C=O) groups is 2. The van der Waals surface area contributed by atoms with Crippen molar-refractivity contribution in [2.24, 2.45) is 5.92 Å². The van der Waals surface area contributed by atoms with Crippen LogP contribution in [-0.4, -0.2) is 54.8 Å². The summed E-state index contributed by atoms with van der Waals surface area (Å²) >= 11 is 0. The van der Waals surface area contributed by atoms with Gasteiger partial charge in [0.2, 0.25) is 11.0 Å². The monoisotopic (exact) mass is 476 g/mol. The molecule has 0 radical (unpaired) electrons. The average Bonchev–Trinajstić information content (AvgIpc) is 3.44. The van der Waals surface area contributed by atoms with Gasteiger partial charge in [-0.2, -0.15) is 4.31 Å². The second-order valence-corrected chi connectivity index (χ2v) is 10.4. The lowest BCUT2D eigenvalue weighted by Gasteiger charge is -2.29. The molecule has 2 atom stereocenters. The highest BCUT2D eigenvalue weighted by molar-refractivity contribution is 7.89. The second kappa shape index (κ2) is 11.6. The molecule has 1 heterocycles. The fourth-order valence-corrected chi connectivity index (χ4v) is 5.03. The van der Waals surface area contributed by atoms with Gasteiger partial charge < -0.3 is 14.8 Å². The molecule has 1 aromatic carbocycles. The van der Waals surface area contributed by atoms with Crippen molar-refractivity contribution < 1.29 is 27.5 Å². The lowest BCUT2D eigenvalue weighted by Crippen LogP contribution is -2.50. The molecule has 9 heteroatoms. The number of furan rings is 1. The van der Waals surface area contributed by atoms with Crippen molar-refractivity contribution >= 4 is 21.7 Å². The number of hydrogen-bond acceptors (Lipinski definition) is 6. The lowest BCUT2D eigenvalue weighted by atomic mass is 10.0. The Hall–Kier alpha value is -2.49. The van der Waals surface area contributed by atoms with E-state index in [-0.39, 0.29) is 48.6 Å².